The van der Waals surface area contributed by atoms with Crippen molar-refractivity contribution in [3.8, 4) is 0 Å². The zero-order valence-corrected chi connectivity index (χ0v) is 11.9. The molecule has 2 aromatic carbocycles. The van der Waals surface area contributed by atoms with Gasteiger partial charge in [-0.1, -0.05) is 37.3 Å². The number of rotatable bonds is 4. The van der Waals surface area contributed by atoms with Crippen LogP contribution in [0.25, 0.3) is 11.0 Å². The fourth-order valence-electron chi connectivity index (χ4n) is 2.53. The lowest BCUT2D eigenvalue weighted by Crippen LogP contribution is -2.07. The minimum absolute atomic E-state index is 0.738. The Morgan fingerprint density at radius 1 is 1.05 bits per heavy atom. The number of anilines is 1. The van der Waals surface area contributed by atoms with Crippen molar-refractivity contribution in [1.82, 2.24) is 9.55 Å². The van der Waals surface area contributed by atoms with E-state index in [1.165, 1.54) is 16.8 Å². The summed E-state index contributed by atoms with van der Waals surface area (Å²) in [5.74, 6) is 1.05. The first-order chi connectivity index (χ1) is 9.79. The van der Waals surface area contributed by atoms with E-state index in [9.17, 15) is 0 Å². The first kappa shape index (κ1) is 12.7. The lowest BCUT2D eigenvalue weighted by Gasteiger charge is -2.10. The van der Waals surface area contributed by atoms with Crippen LogP contribution in [0.15, 0.2) is 48.5 Å². The maximum Gasteiger partial charge on any atom is 0.128 e. The van der Waals surface area contributed by atoms with E-state index >= 15 is 0 Å². The molecule has 0 unspecified atom stereocenters. The van der Waals surface area contributed by atoms with E-state index in [-0.39, 0.29) is 0 Å². The monoisotopic (exact) mass is 265 g/mol. The molecule has 0 fully saturated rings. The van der Waals surface area contributed by atoms with Crippen molar-refractivity contribution in [3.05, 3.63) is 59.9 Å². The summed E-state index contributed by atoms with van der Waals surface area (Å²) in [5, 5.41) is 3.50. The van der Waals surface area contributed by atoms with Crippen LogP contribution in [-0.2, 0) is 20.0 Å². The molecule has 0 bridgehead atoms. The second-order valence-corrected chi connectivity index (χ2v) is 4.94. The maximum absolute atomic E-state index is 4.68. The van der Waals surface area contributed by atoms with Crippen molar-refractivity contribution in [2.45, 2.75) is 19.9 Å². The number of nitrogens with one attached hydrogen (secondary N) is 1. The molecule has 0 aliphatic rings. The number of nitrogens with zero attached hydrogens (tertiary/aromatic N) is 2. The van der Waals surface area contributed by atoms with Crippen LogP contribution >= 0.6 is 0 Å². The molecule has 0 saturated heterocycles. The molecule has 0 spiro atoms. The Morgan fingerprint density at radius 2 is 1.80 bits per heavy atom. The van der Waals surface area contributed by atoms with Gasteiger partial charge in [0, 0.05) is 12.7 Å². The van der Waals surface area contributed by atoms with E-state index in [1.54, 1.807) is 0 Å². The third-order valence-corrected chi connectivity index (χ3v) is 3.71. The number of benzene rings is 2. The van der Waals surface area contributed by atoms with E-state index < -0.39 is 0 Å². The molecule has 1 aromatic heterocycles. The van der Waals surface area contributed by atoms with E-state index in [1.807, 2.05) is 12.1 Å². The Kier molecular flexibility index (Phi) is 3.42. The maximum atomic E-state index is 4.68. The van der Waals surface area contributed by atoms with Gasteiger partial charge in [-0.05, 0) is 30.2 Å². The highest BCUT2D eigenvalue weighted by atomic mass is 15.1. The molecular weight excluding hydrogens is 246 g/mol. The molecule has 3 rings (SSSR count). The molecule has 3 aromatic rings. The largest absolute Gasteiger partial charge is 0.378 e. The number of fused-ring (bicyclic) bond motifs is 1. The minimum Gasteiger partial charge on any atom is -0.378 e. The molecule has 3 nitrogen and oxygen atoms in total. The summed E-state index contributed by atoms with van der Waals surface area (Å²) in [6, 6.07) is 16.7. The first-order valence-electron chi connectivity index (χ1n) is 7.01. The molecule has 0 amide bonds. The van der Waals surface area contributed by atoms with Crippen LogP contribution in [0, 0.1) is 0 Å². The van der Waals surface area contributed by atoms with Gasteiger partial charge in [0.25, 0.3) is 0 Å². The third-order valence-electron chi connectivity index (χ3n) is 3.71. The van der Waals surface area contributed by atoms with E-state index in [4.69, 9.17) is 0 Å². The van der Waals surface area contributed by atoms with Crippen LogP contribution in [0.4, 0.5) is 5.69 Å². The van der Waals surface area contributed by atoms with Crippen LogP contribution in [-0.4, -0.2) is 9.55 Å². The third kappa shape index (κ3) is 2.27. The fourth-order valence-corrected chi connectivity index (χ4v) is 2.53. The Hall–Kier alpha value is -2.29. The molecule has 1 N–H and O–H groups in total. The van der Waals surface area contributed by atoms with Crippen molar-refractivity contribution in [2.75, 3.05) is 5.32 Å². The standard InChI is InChI=1S/C17H19N3/c1-3-13-8-4-5-9-14(13)18-12-17-19-15-10-6-7-11-16(15)20(17)2/h4-11,18H,3,12H2,1-2H3. The Morgan fingerprint density at radius 3 is 2.60 bits per heavy atom. The summed E-state index contributed by atoms with van der Waals surface area (Å²) in [4.78, 5) is 4.68. The lowest BCUT2D eigenvalue weighted by molar-refractivity contribution is 0.833. The summed E-state index contributed by atoms with van der Waals surface area (Å²) < 4.78 is 2.15. The predicted octanol–water partition coefficient (Wildman–Crippen LogP) is 3.75. The molecule has 0 aliphatic heterocycles. The molecule has 0 saturated carbocycles. The van der Waals surface area contributed by atoms with Gasteiger partial charge in [-0.15, -0.1) is 0 Å². The average molecular weight is 265 g/mol. The number of aromatic nitrogens is 2. The number of para-hydroxylation sites is 3. The summed E-state index contributed by atoms with van der Waals surface area (Å²) >= 11 is 0. The molecule has 20 heavy (non-hydrogen) atoms. The SMILES string of the molecule is CCc1ccccc1NCc1nc2ccccc2n1C. The second kappa shape index (κ2) is 5.37. The number of hydrogen-bond donors (Lipinski definition) is 1. The van der Waals surface area contributed by atoms with Crippen LogP contribution in [0.3, 0.4) is 0 Å². The van der Waals surface area contributed by atoms with Gasteiger partial charge in [0.1, 0.15) is 5.82 Å². The van der Waals surface area contributed by atoms with E-state index in [0.29, 0.717) is 0 Å². The molecule has 102 valence electrons. The summed E-state index contributed by atoms with van der Waals surface area (Å²) in [6.07, 6.45) is 1.03. The molecule has 0 aliphatic carbocycles. The zero-order chi connectivity index (χ0) is 13.9. The Labute approximate surface area is 119 Å². The van der Waals surface area contributed by atoms with E-state index in [0.717, 1.165) is 24.3 Å². The Bertz CT molecular complexity index is 728. The van der Waals surface area contributed by atoms with Gasteiger partial charge in [-0.25, -0.2) is 4.98 Å². The zero-order valence-electron chi connectivity index (χ0n) is 11.9. The number of hydrogen-bond acceptors (Lipinski definition) is 2. The normalized spacial score (nSPS) is 10.9. The molecule has 3 heteroatoms. The highest BCUT2D eigenvalue weighted by molar-refractivity contribution is 5.75. The summed E-state index contributed by atoms with van der Waals surface area (Å²) in [5.41, 5.74) is 4.76. The van der Waals surface area contributed by atoms with Gasteiger partial charge in [0.15, 0.2) is 0 Å². The van der Waals surface area contributed by atoms with Gasteiger partial charge in [0.2, 0.25) is 0 Å². The topological polar surface area (TPSA) is 29.9 Å². The van der Waals surface area contributed by atoms with Crippen LogP contribution in [0.2, 0.25) is 0 Å². The molecule has 0 atom stereocenters. The highest BCUT2D eigenvalue weighted by Crippen LogP contribution is 2.18. The van der Waals surface area contributed by atoms with Gasteiger partial charge >= 0.3 is 0 Å². The van der Waals surface area contributed by atoms with Crippen LogP contribution in [0.5, 0.6) is 0 Å². The lowest BCUT2D eigenvalue weighted by atomic mass is 10.1. The van der Waals surface area contributed by atoms with Gasteiger partial charge in [-0.3, -0.25) is 0 Å². The first-order valence-corrected chi connectivity index (χ1v) is 7.01. The highest BCUT2D eigenvalue weighted by Gasteiger charge is 2.07. The van der Waals surface area contributed by atoms with Crippen molar-refractivity contribution < 1.29 is 0 Å². The van der Waals surface area contributed by atoms with Crippen molar-refractivity contribution in [2.24, 2.45) is 7.05 Å². The van der Waals surface area contributed by atoms with Crippen molar-refractivity contribution in [1.29, 1.82) is 0 Å². The molecule has 0 radical (unpaired) electrons. The fraction of sp³-hybridized carbons (Fsp3) is 0.235. The quantitative estimate of drug-likeness (QED) is 0.778. The number of imidazole rings is 1. The molecule has 1 heterocycles. The average Bonchev–Trinajstić information content (AvgIpc) is 2.82. The van der Waals surface area contributed by atoms with E-state index in [2.05, 4.69) is 65.2 Å². The van der Waals surface area contributed by atoms with Gasteiger partial charge in [-0.2, -0.15) is 0 Å². The van der Waals surface area contributed by atoms with Crippen molar-refractivity contribution in [3.63, 3.8) is 0 Å². The van der Waals surface area contributed by atoms with Gasteiger partial charge < -0.3 is 9.88 Å². The summed E-state index contributed by atoms with van der Waals surface area (Å²) in [6.45, 7) is 2.91. The molecular formula is C17H19N3. The van der Waals surface area contributed by atoms with Gasteiger partial charge in [0.05, 0.1) is 17.6 Å². The Balaban J connectivity index is 1.85. The predicted molar refractivity (Wildman–Crippen MR) is 83.9 cm³/mol. The minimum atomic E-state index is 0.738. The summed E-state index contributed by atoms with van der Waals surface area (Å²) in [7, 11) is 2.07. The smallest absolute Gasteiger partial charge is 0.128 e. The second-order valence-electron chi connectivity index (χ2n) is 4.94. The number of aryl methyl sites for hydroxylation is 2. The van der Waals surface area contributed by atoms with Crippen molar-refractivity contribution >= 4 is 16.7 Å². The van der Waals surface area contributed by atoms with Crippen LogP contribution < -0.4 is 5.32 Å². The van der Waals surface area contributed by atoms with Crippen LogP contribution in [0.1, 0.15) is 18.3 Å².